The number of rotatable bonds is 7. The standard InChI is InChI=1S/C22H30N2O.ClH/c1-18-6-5-9-21(14-18)22(25)17-24(15-19-7-3-2-4-8-19)16-20-10-12-23-13-11-20;/h2-9,14,20,22-23,25H,10-13,15-17H2,1H3;1H. The van der Waals surface area contributed by atoms with E-state index >= 15 is 0 Å². The molecule has 1 atom stereocenters. The number of benzene rings is 2. The summed E-state index contributed by atoms with van der Waals surface area (Å²) in [6.07, 6.45) is 2.02. The van der Waals surface area contributed by atoms with Crippen molar-refractivity contribution in [2.24, 2.45) is 5.92 Å². The molecule has 142 valence electrons. The smallest absolute Gasteiger partial charge is 0.0917 e. The predicted octanol–water partition coefficient (Wildman–Crippen LogP) is 3.95. The molecule has 2 aromatic rings. The van der Waals surface area contributed by atoms with E-state index < -0.39 is 6.10 Å². The molecule has 3 nitrogen and oxygen atoms in total. The average molecular weight is 375 g/mol. The first-order chi connectivity index (χ1) is 12.2. The van der Waals surface area contributed by atoms with Crippen molar-refractivity contribution in [1.82, 2.24) is 10.2 Å². The highest BCUT2D eigenvalue weighted by Crippen LogP contribution is 2.20. The number of hydrogen-bond acceptors (Lipinski definition) is 3. The summed E-state index contributed by atoms with van der Waals surface area (Å²) in [4.78, 5) is 2.43. The molecule has 0 amide bonds. The lowest BCUT2D eigenvalue weighted by Crippen LogP contribution is -2.37. The number of nitrogens with one attached hydrogen (secondary N) is 1. The van der Waals surface area contributed by atoms with Gasteiger partial charge in [-0.15, -0.1) is 12.4 Å². The molecule has 1 aliphatic heterocycles. The molecule has 1 saturated heterocycles. The number of piperidine rings is 1. The molecule has 3 rings (SSSR count). The number of aliphatic hydroxyl groups is 1. The number of nitrogens with zero attached hydrogens (tertiary/aromatic N) is 1. The van der Waals surface area contributed by atoms with Gasteiger partial charge in [0, 0.05) is 19.6 Å². The lowest BCUT2D eigenvalue weighted by atomic mass is 9.96. The van der Waals surface area contributed by atoms with E-state index in [4.69, 9.17) is 0 Å². The van der Waals surface area contributed by atoms with Gasteiger partial charge < -0.3 is 10.4 Å². The zero-order valence-corrected chi connectivity index (χ0v) is 16.4. The van der Waals surface area contributed by atoms with E-state index in [1.54, 1.807) is 0 Å². The van der Waals surface area contributed by atoms with Crippen LogP contribution in [-0.4, -0.2) is 36.2 Å². The first-order valence-electron chi connectivity index (χ1n) is 9.42. The van der Waals surface area contributed by atoms with E-state index in [0.717, 1.165) is 37.7 Å². The van der Waals surface area contributed by atoms with E-state index in [9.17, 15) is 5.11 Å². The van der Waals surface area contributed by atoms with Gasteiger partial charge in [-0.2, -0.15) is 0 Å². The topological polar surface area (TPSA) is 35.5 Å². The maximum atomic E-state index is 10.8. The Bertz CT molecular complexity index is 644. The van der Waals surface area contributed by atoms with Gasteiger partial charge in [-0.3, -0.25) is 4.90 Å². The normalized spacial score (nSPS) is 16.3. The molecule has 4 heteroatoms. The van der Waals surface area contributed by atoms with Crippen molar-refractivity contribution in [1.29, 1.82) is 0 Å². The van der Waals surface area contributed by atoms with Gasteiger partial charge in [0.15, 0.2) is 0 Å². The van der Waals surface area contributed by atoms with Crippen molar-refractivity contribution < 1.29 is 5.11 Å². The summed E-state index contributed by atoms with van der Waals surface area (Å²) < 4.78 is 0. The van der Waals surface area contributed by atoms with Crippen LogP contribution < -0.4 is 5.32 Å². The van der Waals surface area contributed by atoms with Crippen LogP contribution in [0.2, 0.25) is 0 Å². The van der Waals surface area contributed by atoms with Crippen LogP contribution in [-0.2, 0) is 6.54 Å². The van der Waals surface area contributed by atoms with E-state index in [-0.39, 0.29) is 12.4 Å². The third-order valence-corrected chi connectivity index (χ3v) is 5.08. The van der Waals surface area contributed by atoms with E-state index in [2.05, 4.69) is 59.6 Å². The Hall–Kier alpha value is -1.39. The molecule has 2 N–H and O–H groups in total. The number of aliphatic hydroxyl groups excluding tert-OH is 1. The molecule has 0 bridgehead atoms. The lowest BCUT2D eigenvalue weighted by Gasteiger charge is -2.31. The van der Waals surface area contributed by atoms with Gasteiger partial charge in [-0.25, -0.2) is 0 Å². The Morgan fingerprint density at radius 1 is 1.08 bits per heavy atom. The molecule has 1 heterocycles. The van der Waals surface area contributed by atoms with Crippen LogP contribution in [0, 0.1) is 12.8 Å². The highest BCUT2D eigenvalue weighted by molar-refractivity contribution is 5.85. The highest BCUT2D eigenvalue weighted by atomic mass is 35.5. The zero-order valence-electron chi connectivity index (χ0n) is 15.6. The van der Waals surface area contributed by atoms with Crippen LogP contribution in [0.3, 0.4) is 0 Å². The van der Waals surface area contributed by atoms with E-state index in [1.807, 2.05) is 12.1 Å². The molecule has 1 unspecified atom stereocenters. The van der Waals surface area contributed by atoms with Gasteiger partial charge >= 0.3 is 0 Å². The first-order valence-corrected chi connectivity index (χ1v) is 9.42. The maximum Gasteiger partial charge on any atom is 0.0917 e. The molecule has 0 saturated carbocycles. The van der Waals surface area contributed by atoms with Crippen molar-refractivity contribution in [2.45, 2.75) is 32.4 Å². The minimum atomic E-state index is -0.440. The lowest BCUT2D eigenvalue weighted by molar-refractivity contribution is 0.0939. The summed E-state index contributed by atoms with van der Waals surface area (Å²) in [5, 5.41) is 14.2. The fourth-order valence-corrected chi connectivity index (χ4v) is 3.70. The average Bonchev–Trinajstić information content (AvgIpc) is 2.63. The third-order valence-electron chi connectivity index (χ3n) is 5.08. The minimum Gasteiger partial charge on any atom is -0.387 e. The van der Waals surface area contributed by atoms with Crippen LogP contribution in [0.15, 0.2) is 54.6 Å². The Balaban J connectivity index is 0.00000243. The Morgan fingerprint density at radius 3 is 2.50 bits per heavy atom. The van der Waals surface area contributed by atoms with Crippen LogP contribution in [0.1, 0.15) is 35.6 Å². The molecular formula is C22H31ClN2O. The van der Waals surface area contributed by atoms with Crippen LogP contribution in [0.25, 0.3) is 0 Å². The Kier molecular flexibility index (Phi) is 8.60. The van der Waals surface area contributed by atoms with Gasteiger partial charge in [0.25, 0.3) is 0 Å². The Morgan fingerprint density at radius 2 is 1.81 bits per heavy atom. The molecular weight excluding hydrogens is 344 g/mol. The minimum absolute atomic E-state index is 0. The van der Waals surface area contributed by atoms with Crippen LogP contribution in [0.4, 0.5) is 0 Å². The SMILES string of the molecule is Cc1cccc(C(O)CN(Cc2ccccc2)CC2CCNCC2)c1.Cl. The molecule has 0 radical (unpaired) electrons. The van der Waals surface area contributed by atoms with Gasteiger partial charge in [0.2, 0.25) is 0 Å². The molecule has 0 spiro atoms. The van der Waals surface area contributed by atoms with E-state index in [0.29, 0.717) is 6.54 Å². The summed E-state index contributed by atoms with van der Waals surface area (Å²) in [5.41, 5.74) is 3.53. The fourth-order valence-electron chi connectivity index (χ4n) is 3.70. The summed E-state index contributed by atoms with van der Waals surface area (Å²) >= 11 is 0. The zero-order chi connectivity index (χ0) is 17.5. The van der Waals surface area contributed by atoms with Gasteiger partial charge in [0.1, 0.15) is 0 Å². The monoisotopic (exact) mass is 374 g/mol. The van der Waals surface area contributed by atoms with Gasteiger partial charge in [-0.1, -0.05) is 60.2 Å². The predicted molar refractivity (Wildman–Crippen MR) is 111 cm³/mol. The van der Waals surface area contributed by atoms with Gasteiger partial charge in [0.05, 0.1) is 6.10 Å². The number of aryl methyl sites for hydroxylation is 1. The summed E-state index contributed by atoms with van der Waals surface area (Å²) in [6.45, 7) is 6.94. The van der Waals surface area contributed by atoms with Crippen molar-refractivity contribution >= 4 is 12.4 Å². The number of hydrogen-bond donors (Lipinski definition) is 2. The first kappa shape index (κ1) is 20.9. The van der Waals surface area contributed by atoms with Gasteiger partial charge in [-0.05, 0) is 49.9 Å². The summed E-state index contributed by atoms with van der Waals surface area (Å²) in [5.74, 6) is 0.717. The van der Waals surface area contributed by atoms with Crippen molar-refractivity contribution in [3.05, 3.63) is 71.3 Å². The third kappa shape index (κ3) is 6.40. The van der Waals surface area contributed by atoms with Crippen molar-refractivity contribution in [3.8, 4) is 0 Å². The summed E-state index contributed by atoms with van der Waals surface area (Å²) in [7, 11) is 0. The van der Waals surface area contributed by atoms with Crippen molar-refractivity contribution in [2.75, 3.05) is 26.2 Å². The maximum absolute atomic E-state index is 10.8. The molecule has 0 aromatic heterocycles. The van der Waals surface area contributed by atoms with Crippen LogP contribution >= 0.6 is 12.4 Å². The molecule has 2 aromatic carbocycles. The second-order valence-corrected chi connectivity index (χ2v) is 7.30. The molecule has 26 heavy (non-hydrogen) atoms. The summed E-state index contributed by atoms with van der Waals surface area (Å²) in [6, 6.07) is 18.8. The largest absolute Gasteiger partial charge is 0.387 e. The molecule has 1 fully saturated rings. The Labute approximate surface area is 163 Å². The second kappa shape index (κ2) is 10.7. The fraction of sp³-hybridized carbons (Fsp3) is 0.455. The highest BCUT2D eigenvalue weighted by Gasteiger charge is 2.20. The molecule has 1 aliphatic rings. The second-order valence-electron chi connectivity index (χ2n) is 7.30. The molecule has 0 aliphatic carbocycles. The van der Waals surface area contributed by atoms with Crippen molar-refractivity contribution in [3.63, 3.8) is 0 Å². The van der Waals surface area contributed by atoms with E-state index in [1.165, 1.54) is 24.0 Å². The van der Waals surface area contributed by atoms with Crippen LogP contribution in [0.5, 0.6) is 0 Å². The number of halogens is 1. The quantitative estimate of drug-likeness (QED) is 0.770.